The minimum atomic E-state index is 0.330. The summed E-state index contributed by atoms with van der Waals surface area (Å²) in [6.45, 7) is 9.34. The number of hydrogen-bond acceptors (Lipinski definition) is 7. The molecule has 1 aliphatic rings. The number of hydrogen-bond donors (Lipinski definition) is 1. The lowest BCUT2D eigenvalue weighted by Crippen LogP contribution is -2.46. The predicted octanol–water partition coefficient (Wildman–Crippen LogP) is 2.60. The third-order valence-electron chi connectivity index (χ3n) is 3.70. The van der Waals surface area contributed by atoms with Gasteiger partial charge in [0.25, 0.3) is 0 Å². The van der Waals surface area contributed by atoms with Crippen molar-refractivity contribution in [1.82, 2.24) is 15.3 Å². The van der Waals surface area contributed by atoms with Gasteiger partial charge in [0.15, 0.2) is 10.3 Å². The van der Waals surface area contributed by atoms with Crippen molar-refractivity contribution >= 4 is 32.9 Å². The second-order valence-corrected chi connectivity index (χ2v) is 6.83. The van der Waals surface area contributed by atoms with Crippen LogP contribution >= 0.6 is 22.7 Å². The number of anilines is 2. The van der Waals surface area contributed by atoms with Crippen molar-refractivity contribution in [3.8, 4) is 0 Å². The Morgan fingerprint density at radius 3 is 2.52 bits per heavy atom. The minimum Gasteiger partial charge on any atom is -0.345 e. The van der Waals surface area contributed by atoms with Crippen LogP contribution in [-0.4, -0.2) is 42.7 Å². The fourth-order valence-corrected chi connectivity index (χ4v) is 4.16. The molecule has 3 rings (SSSR count). The number of rotatable bonds is 5. The van der Waals surface area contributed by atoms with E-state index in [2.05, 4.69) is 39.3 Å². The summed E-state index contributed by atoms with van der Waals surface area (Å²) < 4.78 is 0. The van der Waals surface area contributed by atoms with Gasteiger partial charge in [-0.25, -0.2) is 9.97 Å². The Labute approximate surface area is 133 Å². The highest BCUT2D eigenvalue weighted by atomic mass is 32.1. The molecule has 1 atom stereocenters. The van der Waals surface area contributed by atoms with Gasteiger partial charge >= 0.3 is 0 Å². The van der Waals surface area contributed by atoms with E-state index < -0.39 is 0 Å². The van der Waals surface area contributed by atoms with E-state index in [9.17, 15) is 0 Å². The summed E-state index contributed by atoms with van der Waals surface area (Å²) >= 11 is 3.47. The van der Waals surface area contributed by atoms with Gasteiger partial charge in [-0.1, -0.05) is 6.92 Å². The van der Waals surface area contributed by atoms with E-state index in [1.807, 2.05) is 11.6 Å². The van der Waals surface area contributed by atoms with E-state index in [1.165, 1.54) is 0 Å². The van der Waals surface area contributed by atoms with Gasteiger partial charge in [0.2, 0.25) is 0 Å². The molecule has 114 valence electrons. The third-order valence-corrected chi connectivity index (χ3v) is 5.46. The first-order valence-corrected chi connectivity index (χ1v) is 9.12. The van der Waals surface area contributed by atoms with Crippen molar-refractivity contribution in [2.24, 2.45) is 0 Å². The number of piperazine rings is 1. The molecule has 2 aromatic rings. The van der Waals surface area contributed by atoms with Crippen molar-refractivity contribution in [3.63, 3.8) is 0 Å². The molecule has 5 nitrogen and oxygen atoms in total. The van der Waals surface area contributed by atoms with Crippen molar-refractivity contribution < 1.29 is 0 Å². The zero-order valence-corrected chi connectivity index (χ0v) is 14.1. The lowest BCUT2D eigenvalue weighted by atomic mass is 10.2. The Morgan fingerprint density at radius 1 is 1.19 bits per heavy atom. The summed E-state index contributed by atoms with van der Waals surface area (Å²) in [6, 6.07) is 0.330. The maximum Gasteiger partial charge on any atom is 0.185 e. The molecular weight excluding hydrogens is 302 g/mol. The van der Waals surface area contributed by atoms with Crippen LogP contribution in [0.15, 0.2) is 17.0 Å². The molecule has 21 heavy (non-hydrogen) atoms. The Morgan fingerprint density at radius 2 is 1.90 bits per heavy atom. The molecule has 1 fully saturated rings. The normalized spacial score (nSPS) is 17.2. The topological polar surface area (TPSA) is 44.3 Å². The average Bonchev–Trinajstić information content (AvgIpc) is 3.19. The average molecular weight is 323 g/mol. The van der Waals surface area contributed by atoms with Gasteiger partial charge in [-0.3, -0.25) is 0 Å². The van der Waals surface area contributed by atoms with E-state index in [1.54, 1.807) is 22.7 Å². The summed E-state index contributed by atoms with van der Waals surface area (Å²) in [7, 11) is 0. The highest BCUT2D eigenvalue weighted by Crippen LogP contribution is 2.26. The molecule has 0 aliphatic carbocycles. The second-order valence-electron chi connectivity index (χ2n) is 5.12. The Kier molecular flexibility index (Phi) is 4.72. The van der Waals surface area contributed by atoms with E-state index >= 15 is 0 Å². The Hall–Kier alpha value is -1.18. The molecule has 1 aliphatic heterocycles. The van der Waals surface area contributed by atoms with Crippen molar-refractivity contribution in [3.05, 3.63) is 22.7 Å². The first-order valence-electron chi connectivity index (χ1n) is 7.36. The lowest BCUT2D eigenvalue weighted by Gasteiger charge is -2.34. The molecule has 1 unspecified atom stereocenters. The van der Waals surface area contributed by atoms with Gasteiger partial charge in [0.05, 0.1) is 5.69 Å². The second kappa shape index (κ2) is 6.72. The van der Waals surface area contributed by atoms with Gasteiger partial charge in [0, 0.05) is 49.2 Å². The fourth-order valence-electron chi connectivity index (χ4n) is 2.49. The van der Waals surface area contributed by atoms with Gasteiger partial charge < -0.3 is 15.1 Å². The number of aromatic nitrogens is 2. The molecular formula is C14H21N5S2. The molecule has 0 aromatic carbocycles. The largest absolute Gasteiger partial charge is 0.345 e. The lowest BCUT2D eigenvalue weighted by molar-refractivity contribution is 0.584. The van der Waals surface area contributed by atoms with Crippen LogP contribution in [-0.2, 0) is 0 Å². The zero-order chi connectivity index (χ0) is 14.7. The monoisotopic (exact) mass is 323 g/mol. The number of nitrogens with zero attached hydrogens (tertiary/aromatic N) is 4. The van der Waals surface area contributed by atoms with Crippen LogP contribution in [0.5, 0.6) is 0 Å². The SMILES string of the molecule is CCNC(C)c1csc(N2CCN(c3nccs3)CC2)n1. The minimum absolute atomic E-state index is 0.330. The highest BCUT2D eigenvalue weighted by Gasteiger charge is 2.21. The predicted molar refractivity (Wildman–Crippen MR) is 90.7 cm³/mol. The van der Waals surface area contributed by atoms with Crippen molar-refractivity contribution in [1.29, 1.82) is 0 Å². The molecule has 0 spiro atoms. The number of nitrogens with one attached hydrogen (secondary N) is 1. The van der Waals surface area contributed by atoms with Crippen LogP contribution in [0.25, 0.3) is 0 Å². The smallest absolute Gasteiger partial charge is 0.185 e. The van der Waals surface area contributed by atoms with Crippen molar-refractivity contribution in [2.75, 3.05) is 42.5 Å². The first kappa shape index (κ1) is 14.7. The van der Waals surface area contributed by atoms with Gasteiger partial charge in [-0.05, 0) is 13.5 Å². The zero-order valence-electron chi connectivity index (χ0n) is 12.5. The van der Waals surface area contributed by atoms with E-state index in [4.69, 9.17) is 4.98 Å². The standard InChI is InChI=1S/C14H21N5S2/c1-3-15-11(2)12-10-21-14(17-12)19-7-5-18(6-8-19)13-16-4-9-20-13/h4,9-11,15H,3,5-8H2,1-2H3. The third kappa shape index (κ3) is 3.36. The highest BCUT2D eigenvalue weighted by molar-refractivity contribution is 7.14. The van der Waals surface area contributed by atoms with Crippen LogP contribution in [0.3, 0.4) is 0 Å². The Bertz CT molecular complexity index is 545. The molecule has 0 bridgehead atoms. The van der Waals surface area contributed by atoms with Crippen LogP contribution in [0.4, 0.5) is 10.3 Å². The van der Waals surface area contributed by atoms with Crippen LogP contribution in [0.2, 0.25) is 0 Å². The molecule has 1 N–H and O–H groups in total. The molecule has 0 saturated carbocycles. The fraction of sp³-hybridized carbons (Fsp3) is 0.571. The van der Waals surface area contributed by atoms with Gasteiger partial charge in [0.1, 0.15) is 0 Å². The van der Waals surface area contributed by atoms with Crippen molar-refractivity contribution in [2.45, 2.75) is 19.9 Å². The molecule has 7 heteroatoms. The number of thiazole rings is 2. The summed E-state index contributed by atoms with van der Waals surface area (Å²) in [6.07, 6.45) is 1.88. The molecule has 2 aromatic heterocycles. The maximum atomic E-state index is 4.79. The summed E-state index contributed by atoms with van der Waals surface area (Å²) in [5.41, 5.74) is 1.15. The summed E-state index contributed by atoms with van der Waals surface area (Å²) in [5.74, 6) is 0. The quantitative estimate of drug-likeness (QED) is 0.916. The first-order chi connectivity index (χ1) is 10.3. The summed E-state index contributed by atoms with van der Waals surface area (Å²) in [5, 5.41) is 9.91. The van der Waals surface area contributed by atoms with Crippen LogP contribution in [0, 0.1) is 0 Å². The van der Waals surface area contributed by atoms with Gasteiger partial charge in [-0.2, -0.15) is 0 Å². The van der Waals surface area contributed by atoms with E-state index in [0.29, 0.717) is 6.04 Å². The van der Waals surface area contributed by atoms with E-state index in [-0.39, 0.29) is 0 Å². The van der Waals surface area contributed by atoms with Crippen LogP contribution in [0.1, 0.15) is 25.6 Å². The van der Waals surface area contributed by atoms with Gasteiger partial charge in [-0.15, -0.1) is 22.7 Å². The maximum absolute atomic E-state index is 4.79. The van der Waals surface area contributed by atoms with E-state index in [0.717, 1.165) is 48.7 Å². The van der Waals surface area contributed by atoms with Crippen LogP contribution < -0.4 is 15.1 Å². The molecule has 3 heterocycles. The Balaban J connectivity index is 1.59. The molecule has 1 saturated heterocycles. The molecule has 0 amide bonds. The molecule has 0 radical (unpaired) electrons. The summed E-state index contributed by atoms with van der Waals surface area (Å²) in [4.78, 5) is 13.9.